The second-order valence-electron chi connectivity index (χ2n) is 6.51. The first-order chi connectivity index (χ1) is 13.7. The van der Waals surface area contributed by atoms with Crippen LogP contribution in [0.25, 0.3) is 6.08 Å². The normalized spacial score (nSPS) is 10.8. The molecule has 0 saturated heterocycles. The summed E-state index contributed by atoms with van der Waals surface area (Å²) >= 11 is 0. The Labute approximate surface area is 166 Å². The summed E-state index contributed by atoms with van der Waals surface area (Å²) in [4.78, 5) is 14.3. The van der Waals surface area contributed by atoms with E-state index in [1.54, 1.807) is 6.08 Å². The van der Waals surface area contributed by atoms with Crippen LogP contribution in [0, 0.1) is 0 Å². The maximum absolute atomic E-state index is 12.5. The third-order valence-corrected chi connectivity index (χ3v) is 4.46. The molecule has 3 aromatic carbocycles. The smallest absolute Gasteiger partial charge is 0.246 e. The third-order valence-electron chi connectivity index (χ3n) is 4.46. The number of likely N-dealkylation sites (N-methyl/N-ethyl adjacent to an activating group) is 1. The van der Waals surface area contributed by atoms with E-state index in [0.29, 0.717) is 19.7 Å². The fourth-order valence-corrected chi connectivity index (χ4v) is 2.84. The summed E-state index contributed by atoms with van der Waals surface area (Å²) in [7, 11) is 0. The Morgan fingerprint density at radius 1 is 0.857 bits per heavy atom. The molecule has 0 aromatic heterocycles. The number of nitrogens with zero attached hydrogens (tertiary/aromatic N) is 1. The van der Waals surface area contributed by atoms with Crippen molar-refractivity contribution in [3.63, 3.8) is 0 Å². The summed E-state index contributed by atoms with van der Waals surface area (Å²) in [6.45, 7) is 3.82. The molecule has 0 N–H and O–H groups in total. The Bertz CT molecular complexity index is 887. The van der Waals surface area contributed by atoms with Gasteiger partial charge in [-0.15, -0.1) is 0 Å². The molecule has 3 rings (SSSR count). The van der Waals surface area contributed by atoms with Gasteiger partial charge in [0.1, 0.15) is 12.4 Å². The number of ether oxygens (including phenoxy) is 1. The third kappa shape index (κ3) is 5.85. The molecule has 0 heterocycles. The second kappa shape index (κ2) is 10.1. The van der Waals surface area contributed by atoms with E-state index < -0.39 is 0 Å². The molecule has 3 heteroatoms. The highest BCUT2D eigenvalue weighted by Gasteiger charge is 2.08. The average Bonchev–Trinajstić information content (AvgIpc) is 2.76. The van der Waals surface area contributed by atoms with Crippen LogP contribution in [0.15, 0.2) is 91.0 Å². The number of carbonyl (C=O) groups excluding carboxylic acids is 1. The van der Waals surface area contributed by atoms with Crippen LogP contribution in [0.1, 0.15) is 23.6 Å². The molecule has 0 radical (unpaired) electrons. The van der Waals surface area contributed by atoms with E-state index in [1.807, 2.05) is 103 Å². The molecule has 142 valence electrons. The quantitative estimate of drug-likeness (QED) is 0.501. The lowest BCUT2D eigenvalue weighted by Crippen LogP contribution is -2.28. The summed E-state index contributed by atoms with van der Waals surface area (Å²) in [5.74, 6) is 0.822. The molecule has 0 unspecified atom stereocenters. The van der Waals surface area contributed by atoms with Gasteiger partial charge < -0.3 is 9.64 Å². The summed E-state index contributed by atoms with van der Waals surface area (Å²) in [6.07, 6.45) is 3.48. The number of hydrogen-bond acceptors (Lipinski definition) is 2. The number of carbonyl (C=O) groups is 1. The molecule has 0 spiro atoms. The molecule has 3 nitrogen and oxygen atoms in total. The van der Waals surface area contributed by atoms with Crippen LogP contribution in [-0.2, 0) is 17.9 Å². The molecule has 28 heavy (non-hydrogen) atoms. The summed E-state index contributed by atoms with van der Waals surface area (Å²) in [5, 5.41) is 0. The topological polar surface area (TPSA) is 29.5 Å². The molecule has 0 aliphatic rings. The SMILES string of the molecule is CCN(Cc1ccccc1)C(=O)/C=C/c1ccc(OCc2ccccc2)cc1. The Morgan fingerprint density at radius 3 is 2.07 bits per heavy atom. The molecule has 0 saturated carbocycles. The van der Waals surface area contributed by atoms with Gasteiger partial charge in [-0.25, -0.2) is 0 Å². The molecule has 0 aliphatic heterocycles. The van der Waals surface area contributed by atoms with Crippen molar-refractivity contribution in [3.05, 3.63) is 108 Å². The van der Waals surface area contributed by atoms with Crippen LogP contribution in [0.5, 0.6) is 5.75 Å². The van der Waals surface area contributed by atoms with Crippen molar-refractivity contribution in [1.82, 2.24) is 4.90 Å². The lowest BCUT2D eigenvalue weighted by atomic mass is 10.2. The minimum Gasteiger partial charge on any atom is -0.489 e. The summed E-state index contributed by atoms with van der Waals surface area (Å²) in [5.41, 5.74) is 3.23. The van der Waals surface area contributed by atoms with Gasteiger partial charge in [0.15, 0.2) is 0 Å². The van der Waals surface area contributed by atoms with E-state index in [9.17, 15) is 4.79 Å². The lowest BCUT2D eigenvalue weighted by molar-refractivity contribution is -0.126. The van der Waals surface area contributed by atoms with Gasteiger partial charge in [-0.1, -0.05) is 72.8 Å². The average molecular weight is 371 g/mol. The Balaban J connectivity index is 1.54. The minimum absolute atomic E-state index is 0.00996. The molecule has 1 amide bonds. The van der Waals surface area contributed by atoms with Crippen molar-refractivity contribution in [2.24, 2.45) is 0 Å². The predicted molar refractivity (Wildman–Crippen MR) is 114 cm³/mol. The van der Waals surface area contributed by atoms with E-state index in [2.05, 4.69) is 0 Å². The first kappa shape index (κ1) is 19.4. The Kier molecular flexibility index (Phi) is 7.02. The van der Waals surface area contributed by atoms with Gasteiger partial charge in [0.25, 0.3) is 0 Å². The van der Waals surface area contributed by atoms with Crippen molar-refractivity contribution in [2.45, 2.75) is 20.1 Å². The summed E-state index contributed by atoms with van der Waals surface area (Å²) in [6, 6.07) is 27.9. The molecule has 0 atom stereocenters. The number of amides is 1. The van der Waals surface area contributed by atoms with Crippen LogP contribution in [-0.4, -0.2) is 17.4 Å². The standard InChI is InChI=1S/C25H25NO2/c1-2-26(19-22-9-5-3-6-10-22)25(27)18-15-21-13-16-24(17-14-21)28-20-23-11-7-4-8-12-23/h3-18H,2,19-20H2,1H3/b18-15+. The van der Waals surface area contributed by atoms with Crippen LogP contribution < -0.4 is 4.74 Å². The number of rotatable bonds is 8. The Hall–Kier alpha value is -3.33. The van der Waals surface area contributed by atoms with E-state index in [-0.39, 0.29) is 5.91 Å². The van der Waals surface area contributed by atoms with E-state index in [1.165, 1.54) is 0 Å². The monoisotopic (exact) mass is 371 g/mol. The van der Waals surface area contributed by atoms with Crippen LogP contribution in [0.3, 0.4) is 0 Å². The minimum atomic E-state index is 0.00996. The zero-order valence-electron chi connectivity index (χ0n) is 16.1. The van der Waals surface area contributed by atoms with Crippen molar-refractivity contribution in [1.29, 1.82) is 0 Å². The van der Waals surface area contributed by atoms with Crippen LogP contribution in [0.4, 0.5) is 0 Å². The number of hydrogen-bond donors (Lipinski definition) is 0. The van der Waals surface area contributed by atoms with Gasteiger partial charge >= 0.3 is 0 Å². The molecule has 0 bridgehead atoms. The van der Waals surface area contributed by atoms with Crippen molar-refractivity contribution in [2.75, 3.05) is 6.54 Å². The zero-order chi connectivity index (χ0) is 19.6. The van der Waals surface area contributed by atoms with Crippen molar-refractivity contribution in [3.8, 4) is 5.75 Å². The lowest BCUT2D eigenvalue weighted by Gasteiger charge is -2.19. The van der Waals surface area contributed by atoms with Gasteiger partial charge in [0.05, 0.1) is 0 Å². The second-order valence-corrected chi connectivity index (χ2v) is 6.51. The number of benzene rings is 3. The van der Waals surface area contributed by atoms with Gasteiger partial charge in [-0.3, -0.25) is 4.79 Å². The highest BCUT2D eigenvalue weighted by molar-refractivity contribution is 5.91. The maximum atomic E-state index is 12.5. The Morgan fingerprint density at radius 2 is 1.46 bits per heavy atom. The maximum Gasteiger partial charge on any atom is 0.246 e. The summed E-state index contributed by atoms with van der Waals surface area (Å²) < 4.78 is 5.80. The van der Waals surface area contributed by atoms with E-state index in [0.717, 1.165) is 22.4 Å². The molecular formula is C25H25NO2. The van der Waals surface area contributed by atoms with Gasteiger partial charge in [-0.05, 0) is 41.8 Å². The molecule has 3 aromatic rings. The molecular weight excluding hydrogens is 346 g/mol. The van der Waals surface area contributed by atoms with Crippen LogP contribution in [0.2, 0.25) is 0 Å². The largest absolute Gasteiger partial charge is 0.489 e. The fourth-order valence-electron chi connectivity index (χ4n) is 2.84. The fraction of sp³-hybridized carbons (Fsp3) is 0.160. The molecule has 0 fully saturated rings. The van der Waals surface area contributed by atoms with Crippen molar-refractivity contribution < 1.29 is 9.53 Å². The highest BCUT2D eigenvalue weighted by Crippen LogP contribution is 2.15. The van der Waals surface area contributed by atoms with Crippen molar-refractivity contribution >= 4 is 12.0 Å². The highest BCUT2D eigenvalue weighted by atomic mass is 16.5. The predicted octanol–water partition coefficient (Wildman–Crippen LogP) is 5.33. The van der Waals surface area contributed by atoms with Gasteiger partial charge in [-0.2, -0.15) is 0 Å². The van der Waals surface area contributed by atoms with E-state index in [4.69, 9.17) is 4.74 Å². The van der Waals surface area contributed by atoms with Gasteiger partial charge in [0.2, 0.25) is 5.91 Å². The first-order valence-corrected chi connectivity index (χ1v) is 9.52. The van der Waals surface area contributed by atoms with E-state index >= 15 is 0 Å². The first-order valence-electron chi connectivity index (χ1n) is 9.52. The molecule has 0 aliphatic carbocycles. The zero-order valence-corrected chi connectivity index (χ0v) is 16.1. The van der Waals surface area contributed by atoms with Gasteiger partial charge in [0, 0.05) is 19.2 Å². The van der Waals surface area contributed by atoms with Crippen LogP contribution >= 0.6 is 0 Å².